The zero-order chi connectivity index (χ0) is 12.8. The SMILES string of the molecule is CCOC(=O)/C=C/C=C/C=C/C=C/C=C/CO. The first-order chi connectivity index (χ1) is 8.31. The molecule has 0 unspecified atom stereocenters. The third-order valence-corrected chi connectivity index (χ3v) is 1.54. The van der Waals surface area contributed by atoms with E-state index in [4.69, 9.17) is 9.84 Å². The molecule has 3 nitrogen and oxygen atoms in total. The molecule has 0 saturated carbocycles. The van der Waals surface area contributed by atoms with Crippen LogP contribution >= 0.6 is 0 Å². The van der Waals surface area contributed by atoms with Crippen LogP contribution in [0.5, 0.6) is 0 Å². The molecule has 0 aliphatic heterocycles. The molecule has 0 amide bonds. The van der Waals surface area contributed by atoms with Crippen molar-refractivity contribution in [2.24, 2.45) is 0 Å². The zero-order valence-corrected chi connectivity index (χ0v) is 9.95. The first-order valence-corrected chi connectivity index (χ1v) is 5.42. The largest absolute Gasteiger partial charge is 0.463 e. The Morgan fingerprint density at radius 3 is 2.06 bits per heavy atom. The third-order valence-electron chi connectivity index (χ3n) is 1.54. The molecule has 0 aromatic carbocycles. The fraction of sp³-hybridized carbons (Fsp3) is 0.214. The molecule has 0 fully saturated rings. The summed E-state index contributed by atoms with van der Waals surface area (Å²) in [4.78, 5) is 10.9. The van der Waals surface area contributed by atoms with Crippen molar-refractivity contribution in [3.05, 3.63) is 60.8 Å². The van der Waals surface area contributed by atoms with Crippen LogP contribution in [0.2, 0.25) is 0 Å². The van der Waals surface area contributed by atoms with E-state index in [-0.39, 0.29) is 12.6 Å². The van der Waals surface area contributed by atoms with E-state index in [2.05, 4.69) is 0 Å². The van der Waals surface area contributed by atoms with Gasteiger partial charge in [-0.25, -0.2) is 4.79 Å². The fourth-order valence-corrected chi connectivity index (χ4v) is 0.849. The number of hydrogen-bond acceptors (Lipinski definition) is 3. The van der Waals surface area contributed by atoms with Crippen LogP contribution in [-0.4, -0.2) is 24.3 Å². The Morgan fingerprint density at radius 1 is 1.00 bits per heavy atom. The standard InChI is InChI=1S/C14H18O3/c1-2-17-14(16)12-10-8-6-4-3-5-7-9-11-13-15/h3-12,15H,2,13H2,1H3/b4-3+,7-5+,8-6+,11-9+,12-10+. The molecular formula is C14H18O3. The lowest BCUT2D eigenvalue weighted by Gasteiger charge is -1.92. The first-order valence-electron chi connectivity index (χ1n) is 5.42. The maximum absolute atomic E-state index is 10.9. The van der Waals surface area contributed by atoms with Crippen molar-refractivity contribution in [1.82, 2.24) is 0 Å². The van der Waals surface area contributed by atoms with Crippen molar-refractivity contribution < 1.29 is 14.6 Å². The molecule has 1 N–H and O–H groups in total. The van der Waals surface area contributed by atoms with Crippen molar-refractivity contribution in [2.45, 2.75) is 6.92 Å². The minimum atomic E-state index is -0.338. The normalized spacial score (nSPS) is 12.8. The van der Waals surface area contributed by atoms with E-state index in [0.717, 1.165) is 0 Å². The number of carbonyl (C=O) groups is 1. The van der Waals surface area contributed by atoms with Crippen LogP contribution in [0.3, 0.4) is 0 Å². The predicted octanol–water partition coefficient (Wildman–Crippen LogP) is 2.32. The predicted molar refractivity (Wildman–Crippen MR) is 69.4 cm³/mol. The Labute approximate surface area is 102 Å². The van der Waals surface area contributed by atoms with E-state index in [1.165, 1.54) is 6.08 Å². The number of aliphatic hydroxyl groups is 1. The second-order valence-corrected chi connectivity index (χ2v) is 2.88. The van der Waals surface area contributed by atoms with E-state index < -0.39 is 0 Å². The van der Waals surface area contributed by atoms with Gasteiger partial charge in [0, 0.05) is 6.08 Å². The van der Waals surface area contributed by atoms with Gasteiger partial charge in [-0.05, 0) is 6.92 Å². The summed E-state index contributed by atoms with van der Waals surface area (Å²) in [6, 6.07) is 0. The van der Waals surface area contributed by atoms with E-state index in [1.807, 2.05) is 24.3 Å². The first kappa shape index (κ1) is 15.1. The molecule has 0 bridgehead atoms. The van der Waals surface area contributed by atoms with Crippen LogP contribution in [0.4, 0.5) is 0 Å². The molecule has 0 rings (SSSR count). The lowest BCUT2D eigenvalue weighted by Crippen LogP contribution is -1.98. The second kappa shape index (κ2) is 12.2. The molecule has 0 atom stereocenters. The molecule has 17 heavy (non-hydrogen) atoms. The van der Waals surface area contributed by atoms with E-state index in [1.54, 1.807) is 37.3 Å². The number of aliphatic hydroxyl groups excluding tert-OH is 1. The molecule has 0 aliphatic carbocycles. The highest BCUT2D eigenvalue weighted by Crippen LogP contribution is 1.85. The number of esters is 1. The topological polar surface area (TPSA) is 46.5 Å². The Hall–Kier alpha value is -1.87. The molecule has 0 heterocycles. The van der Waals surface area contributed by atoms with Crippen LogP contribution in [0.25, 0.3) is 0 Å². The van der Waals surface area contributed by atoms with Crippen molar-refractivity contribution in [2.75, 3.05) is 13.2 Å². The van der Waals surface area contributed by atoms with Gasteiger partial charge in [-0.2, -0.15) is 0 Å². The van der Waals surface area contributed by atoms with Gasteiger partial charge in [0.15, 0.2) is 0 Å². The van der Waals surface area contributed by atoms with Gasteiger partial charge in [0.05, 0.1) is 13.2 Å². The van der Waals surface area contributed by atoms with E-state index in [9.17, 15) is 4.79 Å². The molecule has 0 spiro atoms. The molecule has 0 radical (unpaired) electrons. The highest BCUT2D eigenvalue weighted by atomic mass is 16.5. The lowest BCUT2D eigenvalue weighted by molar-refractivity contribution is -0.137. The summed E-state index contributed by atoms with van der Waals surface area (Å²) < 4.78 is 4.71. The Morgan fingerprint density at radius 2 is 1.53 bits per heavy atom. The molecule has 92 valence electrons. The van der Waals surface area contributed by atoms with E-state index >= 15 is 0 Å². The van der Waals surface area contributed by atoms with Gasteiger partial charge in [0.25, 0.3) is 0 Å². The Kier molecular flexibility index (Phi) is 10.9. The molecule has 0 saturated heterocycles. The van der Waals surface area contributed by atoms with Crippen molar-refractivity contribution in [3.8, 4) is 0 Å². The van der Waals surface area contributed by atoms with E-state index in [0.29, 0.717) is 6.61 Å². The molecule has 0 aromatic rings. The van der Waals surface area contributed by atoms with Crippen LogP contribution in [0.15, 0.2) is 60.8 Å². The quantitative estimate of drug-likeness (QED) is 0.418. The summed E-state index contributed by atoms with van der Waals surface area (Å²) in [6.45, 7) is 2.20. The Balaban J connectivity index is 3.80. The molecule has 3 heteroatoms. The summed E-state index contributed by atoms with van der Waals surface area (Å²) in [5.74, 6) is -0.338. The average molecular weight is 234 g/mol. The molecular weight excluding hydrogens is 216 g/mol. The minimum absolute atomic E-state index is 0.0482. The van der Waals surface area contributed by atoms with Crippen LogP contribution in [0.1, 0.15) is 6.92 Å². The fourth-order valence-electron chi connectivity index (χ4n) is 0.849. The maximum atomic E-state index is 10.9. The van der Waals surface area contributed by atoms with Gasteiger partial charge >= 0.3 is 5.97 Å². The molecule has 0 aliphatic rings. The minimum Gasteiger partial charge on any atom is -0.463 e. The highest BCUT2D eigenvalue weighted by Gasteiger charge is 1.89. The summed E-state index contributed by atoms with van der Waals surface area (Å²) in [6.07, 6.45) is 17.3. The smallest absolute Gasteiger partial charge is 0.330 e. The Bertz CT molecular complexity index is 333. The van der Waals surface area contributed by atoms with Crippen molar-refractivity contribution >= 4 is 5.97 Å². The number of hydrogen-bond donors (Lipinski definition) is 1. The second-order valence-electron chi connectivity index (χ2n) is 2.88. The summed E-state index contributed by atoms with van der Waals surface area (Å²) in [5.41, 5.74) is 0. The van der Waals surface area contributed by atoms with Crippen molar-refractivity contribution in [3.63, 3.8) is 0 Å². The maximum Gasteiger partial charge on any atom is 0.330 e. The third kappa shape index (κ3) is 12.1. The van der Waals surface area contributed by atoms with Gasteiger partial charge in [-0.3, -0.25) is 0 Å². The van der Waals surface area contributed by atoms with Gasteiger partial charge in [-0.1, -0.05) is 54.7 Å². The van der Waals surface area contributed by atoms with Gasteiger partial charge < -0.3 is 9.84 Å². The van der Waals surface area contributed by atoms with Crippen molar-refractivity contribution in [1.29, 1.82) is 0 Å². The van der Waals surface area contributed by atoms with Gasteiger partial charge in [0.2, 0.25) is 0 Å². The van der Waals surface area contributed by atoms with Gasteiger partial charge in [0.1, 0.15) is 0 Å². The highest BCUT2D eigenvalue weighted by molar-refractivity contribution is 5.82. The average Bonchev–Trinajstić information content (AvgIpc) is 2.32. The number of allylic oxidation sites excluding steroid dienone is 8. The zero-order valence-electron chi connectivity index (χ0n) is 9.95. The van der Waals surface area contributed by atoms with Crippen LogP contribution in [-0.2, 0) is 9.53 Å². The summed E-state index contributed by atoms with van der Waals surface area (Å²) in [7, 11) is 0. The van der Waals surface area contributed by atoms with Crippen LogP contribution < -0.4 is 0 Å². The number of rotatable bonds is 7. The van der Waals surface area contributed by atoms with Crippen LogP contribution in [0, 0.1) is 0 Å². The molecule has 0 aromatic heterocycles. The summed E-state index contributed by atoms with van der Waals surface area (Å²) in [5, 5.41) is 8.45. The summed E-state index contributed by atoms with van der Waals surface area (Å²) >= 11 is 0. The lowest BCUT2D eigenvalue weighted by atomic mass is 10.3. The van der Waals surface area contributed by atoms with Gasteiger partial charge in [-0.15, -0.1) is 0 Å². The number of carbonyl (C=O) groups excluding carboxylic acids is 1. The monoisotopic (exact) mass is 234 g/mol. The number of ether oxygens (including phenoxy) is 1.